The molecule has 3 N–H and O–H groups in total. The highest BCUT2D eigenvalue weighted by atomic mass is 16.2. The first kappa shape index (κ1) is 9.67. The second-order valence-corrected chi connectivity index (χ2v) is 3.24. The van der Waals surface area contributed by atoms with E-state index in [1.165, 1.54) is 0 Å². The molecule has 0 saturated heterocycles. The number of aryl methyl sites for hydroxylation is 1. The lowest BCUT2D eigenvalue weighted by Crippen LogP contribution is -2.23. The van der Waals surface area contributed by atoms with Crippen molar-refractivity contribution >= 4 is 22.9 Å². The number of hydrogen-bond donors (Lipinski definition) is 2. The number of benzene rings is 1. The summed E-state index contributed by atoms with van der Waals surface area (Å²) in [4.78, 5) is 15.4. The number of fused-ring (bicyclic) bond motifs is 1. The van der Waals surface area contributed by atoms with Gasteiger partial charge in [-0.05, 0) is 12.1 Å². The third-order valence-corrected chi connectivity index (χ3v) is 2.22. The highest BCUT2D eigenvalue weighted by molar-refractivity contribution is 5.92. The molecule has 0 aliphatic carbocycles. The van der Waals surface area contributed by atoms with Crippen molar-refractivity contribution in [1.82, 2.24) is 9.55 Å². The van der Waals surface area contributed by atoms with Crippen LogP contribution in [0.3, 0.4) is 0 Å². The molecule has 0 aliphatic heterocycles. The number of nitrogens with two attached hydrogens (primary N) is 1. The zero-order valence-electron chi connectivity index (χ0n) is 8.40. The average molecular weight is 204 g/mol. The molecule has 15 heavy (non-hydrogen) atoms. The van der Waals surface area contributed by atoms with Gasteiger partial charge in [-0.2, -0.15) is 0 Å². The van der Waals surface area contributed by atoms with Crippen LogP contribution in [0.5, 0.6) is 0 Å². The van der Waals surface area contributed by atoms with Gasteiger partial charge in [0.2, 0.25) is 11.9 Å². The minimum Gasteiger partial charge on any atom is -0.322 e. The Morgan fingerprint density at radius 3 is 2.93 bits per heavy atom. The molecule has 78 valence electrons. The summed E-state index contributed by atoms with van der Waals surface area (Å²) in [5.74, 6) is 0.278. The highest BCUT2D eigenvalue weighted by Crippen LogP contribution is 2.17. The molecular formula is C10H12N4O. The van der Waals surface area contributed by atoms with Gasteiger partial charge in [-0.1, -0.05) is 12.1 Å². The quantitative estimate of drug-likeness (QED) is 0.746. The zero-order valence-corrected chi connectivity index (χ0v) is 8.40. The van der Waals surface area contributed by atoms with E-state index in [1.54, 1.807) is 0 Å². The van der Waals surface area contributed by atoms with E-state index in [0.717, 1.165) is 11.0 Å². The molecule has 0 radical (unpaired) electrons. The van der Waals surface area contributed by atoms with Crippen LogP contribution >= 0.6 is 0 Å². The number of imidazole rings is 1. The normalized spacial score (nSPS) is 10.5. The topological polar surface area (TPSA) is 72.9 Å². The van der Waals surface area contributed by atoms with Gasteiger partial charge in [0, 0.05) is 7.05 Å². The lowest BCUT2D eigenvalue weighted by molar-refractivity contribution is -0.115. The Balaban J connectivity index is 2.44. The van der Waals surface area contributed by atoms with E-state index in [4.69, 9.17) is 5.73 Å². The van der Waals surface area contributed by atoms with Crippen LogP contribution in [0.15, 0.2) is 24.3 Å². The predicted octanol–water partition coefficient (Wildman–Crippen LogP) is 0.470. The van der Waals surface area contributed by atoms with Gasteiger partial charge >= 0.3 is 0 Å². The van der Waals surface area contributed by atoms with Crippen molar-refractivity contribution in [1.29, 1.82) is 0 Å². The van der Waals surface area contributed by atoms with Crippen molar-refractivity contribution in [3.05, 3.63) is 24.3 Å². The SMILES string of the molecule is Cn1c(NC(=O)CN)nc2ccccc21. The van der Waals surface area contributed by atoms with Crippen molar-refractivity contribution in [2.45, 2.75) is 0 Å². The number of nitrogens with one attached hydrogen (secondary N) is 1. The molecule has 1 heterocycles. The predicted molar refractivity (Wildman–Crippen MR) is 58.4 cm³/mol. The summed E-state index contributed by atoms with van der Waals surface area (Å²) in [6.45, 7) is -0.0385. The van der Waals surface area contributed by atoms with Gasteiger partial charge in [0.25, 0.3) is 0 Å². The molecule has 1 aromatic heterocycles. The molecule has 0 spiro atoms. The molecule has 0 fully saturated rings. The summed E-state index contributed by atoms with van der Waals surface area (Å²) in [5.41, 5.74) is 7.05. The van der Waals surface area contributed by atoms with Crippen LogP contribution in [0.2, 0.25) is 0 Å². The summed E-state index contributed by atoms with van der Waals surface area (Å²) < 4.78 is 1.82. The van der Waals surface area contributed by atoms with E-state index in [9.17, 15) is 4.79 Å². The maximum Gasteiger partial charge on any atom is 0.240 e. The molecule has 1 amide bonds. The number of carbonyl (C=O) groups excluding carboxylic acids is 1. The van der Waals surface area contributed by atoms with Crippen LogP contribution in [0, 0.1) is 0 Å². The molecule has 2 aromatic rings. The largest absolute Gasteiger partial charge is 0.322 e. The molecule has 0 unspecified atom stereocenters. The van der Waals surface area contributed by atoms with E-state index >= 15 is 0 Å². The Kier molecular flexibility index (Phi) is 2.39. The van der Waals surface area contributed by atoms with Gasteiger partial charge in [-0.3, -0.25) is 10.1 Å². The summed E-state index contributed by atoms with van der Waals surface area (Å²) in [7, 11) is 1.85. The third kappa shape index (κ3) is 1.69. The molecule has 1 aromatic carbocycles. The van der Waals surface area contributed by atoms with E-state index in [2.05, 4.69) is 10.3 Å². The Hall–Kier alpha value is -1.88. The van der Waals surface area contributed by atoms with E-state index in [1.807, 2.05) is 35.9 Å². The second-order valence-electron chi connectivity index (χ2n) is 3.24. The van der Waals surface area contributed by atoms with Crippen molar-refractivity contribution in [2.75, 3.05) is 11.9 Å². The number of aromatic nitrogens is 2. The fraction of sp³-hybridized carbons (Fsp3) is 0.200. The lowest BCUT2D eigenvalue weighted by Gasteiger charge is -2.02. The molecule has 5 heteroatoms. The molecular weight excluding hydrogens is 192 g/mol. The number of carbonyl (C=O) groups is 1. The zero-order chi connectivity index (χ0) is 10.8. The minimum atomic E-state index is -0.242. The van der Waals surface area contributed by atoms with Crippen LogP contribution in [-0.4, -0.2) is 22.0 Å². The molecule has 0 saturated carbocycles. The van der Waals surface area contributed by atoms with Gasteiger partial charge in [0.1, 0.15) is 0 Å². The van der Waals surface area contributed by atoms with Gasteiger partial charge in [0.15, 0.2) is 0 Å². The first-order valence-corrected chi connectivity index (χ1v) is 4.63. The number of nitrogens with zero attached hydrogens (tertiary/aromatic N) is 2. The summed E-state index contributed by atoms with van der Waals surface area (Å²) in [6, 6.07) is 7.68. The molecule has 5 nitrogen and oxygen atoms in total. The van der Waals surface area contributed by atoms with Gasteiger partial charge < -0.3 is 10.3 Å². The highest BCUT2D eigenvalue weighted by Gasteiger charge is 2.08. The van der Waals surface area contributed by atoms with Gasteiger partial charge in [0.05, 0.1) is 17.6 Å². The van der Waals surface area contributed by atoms with Crippen molar-refractivity contribution in [3.8, 4) is 0 Å². The van der Waals surface area contributed by atoms with Gasteiger partial charge in [-0.25, -0.2) is 4.98 Å². The van der Waals surface area contributed by atoms with Crippen LogP contribution in [0.25, 0.3) is 11.0 Å². The van der Waals surface area contributed by atoms with Crippen LogP contribution in [0.1, 0.15) is 0 Å². The van der Waals surface area contributed by atoms with Gasteiger partial charge in [-0.15, -0.1) is 0 Å². The summed E-state index contributed by atoms with van der Waals surface area (Å²) in [6.07, 6.45) is 0. The Morgan fingerprint density at radius 2 is 2.27 bits per heavy atom. The Bertz CT molecular complexity index is 503. The average Bonchev–Trinajstić information content (AvgIpc) is 2.57. The van der Waals surface area contributed by atoms with Crippen LogP contribution < -0.4 is 11.1 Å². The van der Waals surface area contributed by atoms with E-state index < -0.39 is 0 Å². The fourth-order valence-corrected chi connectivity index (χ4v) is 1.43. The number of para-hydroxylation sites is 2. The molecule has 0 bridgehead atoms. The number of amides is 1. The smallest absolute Gasteiger partial charge is 0.240 e. The van der Waals surface area contributed by atoms with E-state index in [-0.39, 0.29) is 12.5 Å². The Morgan fingerprint density at radius 1 is 1.53 bits per heavy atom. The lowest BCUT2D eigenvalue weighted by atomic mass is 10.3. The standard InChI is InChI=1S/C10H12N4O/c1-14-8-5-3-2-4-7(8)12-10(14)13-9(15)6-11/h2-5H,6,11H2,1H3,(H,12,13,15). The Labute approximate surface area is 86.9 Å². The molecule has 0 aliphatic rings. The van der Waals surface area contributed by atoms with Crippen LogP contribution in [-0.2, 0) is 11.8 Å². The first-order chi connectivity index (χ1) is 7.22. The van der Waals surface area contributed by atoms with E-state index in [0.29, 0.717) is 5.95 Å². The molecule has 2 rings (SSSR count). The van der Waals surface area contributed by atoms with Crippen molar-refractivity contribution in [2.24, 2.45) is 12.8 Å². The maximum absolute atomic E-state index is 11.1. The van der Waals surface area contributed by atoms with Crippen molar-refractivity contribution in [3.63, 3.8) is 0 Å². The monoisotopic (exact) mass is 204 g/mol. The number of hydrogen-bond acceptors (Lipinski definition) is 3. The second kappa shape index (κ2) is 3.70. The van der Waals surface area contributed by atoms with Crippen molar-refractivity contribution < 1.29 is 4.79 Å². The minimum absolute atomic E-state index is 0.0385. The summed E-state index contributed by atoms with van der Waals surface area (Å²) in [5, 5.41) is 2.64. The summed E-state index contributed by atoms with van der Waals surface area (Å²) >= 11 is 0. The first-order valence-electron chi connectivity index (χ1n) is 4.63. The maximum atomic E-state index is 11.1. The number of rotatable bonds is 2. The van der Waals surface area contributed by atoms with Crippen LogP contribution in [0.4, 0.5) is 5.95 Å². The molecule has 0 atom stereocenters. The fourth-order valence-electron chi connectivity index (χ4n) is 1.43. The third-order valence-electron chi connectivity index (χ3n) is 2.22. The number of anilines is 1.